The van der Waals surface area contributed by atoms with Crippen molar-refractivity contribution >= 4 is 17.5 Å². The highest BCUT2D eigenvalue weighted by molar-refractivity contribution is 6.30. The molecule has 0 bridgehead atoms. The molecule has 0 radical (unpaired) electrons. The second kappa shape index (κ2) is 7.36. The van der Waals surface area contributed by atoms with Gasteiger partial charge in [-0.2, -0.15) is 5.10 Å². The molecule has 2 heterocycles. The molecule has 6 heteroatoms. The van der Waals surface area contributed by atoms with Crippen molar-refractivity contribution in [3.63, 3.8) is 0 Å². The molecule has 1 aliphatic heterocycles. The molecular formula is C18H23ClN4O. The van der Waals surface area contributed by atoms with Gasteiger partial charge in [0.05, 0.1) is 5.69 Å². The van der Waals surface area contributed by atoms with E-state index in [1.807, 2.05) is 35.2 Å². The molecule has 0 unspecified atom stereocenters. The van der Waals surface area contributed by atoms with Gasteiger partial charge in [-0.25, -0.2) is 0 Å². The Balaban J connectivity index is 1.63. The van der Waals surface area contributed by atoms with Gasteiger partial charge in [-0.1, -0.05) is 37.6 Å². The van der Waals surface area contributed by atoms with Crippen LogP contribution in [0.25, 0.3) is 11.3 Å². The molecule has 0 saturated carbocycles. The number of piperazine rings is 1. The summed E-state index contributed by atoms with van der Waals surface area (Å²) in [5.41, 5.74) is 2.24. The Morgan fingerprint density at radius 1 is 1.21 bits per heavy atom. The fourth-order valence-electron chi connectivity index (χ4n) is 3.02. The molecule has 0 aliphatic carbocycles. The van der Waals surface area contributed by atoms with Crippen LogP contribution < -0.4 is 0 Å². The lowest BCUT2D eigenvalue weighted by molar-refractivity contribution is 0.0618. The zero-order valence-electron chi connectivity index (χ0n) is 14.1. The van der Waals surface area contributed by atoms with Gasteiger partial charge in [-0.3, -0.25) is 14.8 Å². The Morgan fingerprint density at radius 2 is 1.88 bits per heavy atom. The Morgan fingerprint density at radius 3 is 2.50 bits per heavy atom. The minimum atomic E-state index is 0.0203. The van der Waals surface area contributed by atoms with Gasteiger partial charge in [0.1, 0.15) is 5.69 Å². The number of aromatic amines is 1. The van der Waals surface area contributed by atoms with Crippen molar-refractivity contribution < 1.29 is 4.79 Å². The first-order chi connectivity index (χ1) is 11.5. The molecule has 1 fully saturated rings. The Kier molecular flexibility index (Phi) is 5.21. The fourth-order valence-corrected chi connectivity index (χ4v) is 3.15. The third kappa shape index (κ3) is 3.97. The lowest BCUT2D eigenvalue weighted by atomic mass is 10.1. The van der Waals surface area contributed by atoms with E-state index in [0.29, 0.717) is 16.6 Å². The maximum atomic E-state index is 12.6. The number of benzene rings is 1. The van der Waals surface area contributed by atoms with Crippen LogP contribution in [0.3, 0.4) is 0 Å². The summed E-state index contributed by atoms with van der Waals surface area (Å²) in [5.74, 6) is 0.675. The highest BCUT2D eigenvalue weighted by Crippen LogP contribution is 2.21. The van der Waals surface area contributed by atoms with Crippen LogP contribution in [0.2, 0.25) is 5.02 Å². The van der Waals surface area contributed by atoms with E-state index in [1.165, 1.54) is 0 Å². The van der Waals surface area contributed by atoms with Crippen molar-refractivity contribution in [2.24, 2.45) is 5.92 Å². The summed E-state index contributed by atoms with van der Waals surface area (Å²) >= 11 is 5.91. The standard InChI is InChI=1S/C18H23ClN4O/c1-13(2)12-22-7-9-23(10-8-22)18(24)17-11-16(20-21-17)14-3-5-15(19)6-4-14/h3-6,11,13H,7-10,12H2,1-2H3,(H,20,21). The lowest BCUT2D eigenvalue weighted by Crippen LogP contribution is -2.49. The molecule has 1 saturated heterocycles. The Bertz CT molecular complexity index is 687. The van der Waals surface area contributed by atoms with Crippen LogP contribution in [0.5, 0.6) is 0 Å². The monoisotopic (exact) mass is 346 g/mol. The number of carbonyl (C=O) groups excluding carboxylic acids is 1. The molecule has 0 atom stereocenters. The molecule has 1 aliphatic rings. The Labute approximate surface area is 147 Å². The van der Waals surface area contributed by atoms with Crippen molar-refractivity contribution in [3.8, 4) is 11.3 Å². The molecule has 5 nitrogen and oxygen atoms in total. The van der Waals surface area contributed by atoms with Gasteiger partial charge in [0.2, 0.25) is 0 Å². The van der Waals surface area contributed by atoms with E-state index in [4.69, 9.17) is 11.6 Å². The molecule has 0 spiro atoms. The molecular weight excluding hydrogens is 324 g/mol. The average molecular weight is 347 g/mol. The number of aromatic nitrogens is 2. The maximum absolute atomic E-state index is 12.6. The van der Waals surface area contributed by atoms with Gasteiger partial charge < -0.3 is 4.90 Å². The molecule has 1 aromatic heterocycles. The molecule has 24 heavy (non-hydrogen) atoms. The van der Waals surface area contributed by atoms with Gasteiger partial charge in [-0.15, -0.1) is 0 Å². The third-order valence-electron chi connectivity index (χ3n) is 4.23. The summed E-state index contributed by atoms with van der Waals surface area (Å²) in [6.07, 6.45) is 0. The SMILES string of the molecule is CC(C)CN1CCN(C(=O)c2cc(-c3ccc(Cl)cc3)n[nH]2)CC1. The van der Waals surface area contributed by atoms with Crippen molar-refractivity contribution in [2.45, 2.75) is 13.8 Å². The predicted molar refractivity (Wildman–Crippen MR) is 96.2 cm³/mol. The topological polar surface area (TPSA) is 52.2 Å². The van der Waals surface area contributed by atoms with Crippen LogP contribution in [0, 0.1) is 5.92 Å². The van der Waals surface area contributed by atoms with Crippen LogP contribution >= 0.6 is 11.6 Å². The zero-order valence-corrected chi connectivity index (χ0v) is 14.9. The van der Waals surface area contributed by atoms with E-state index >= 15 is 0 Å². The molecule has 128 valence electrons. The first-order valence-electron chi connectivity index (χ1n) is 8.36. The number of H-pyrrole nitrogens is 1. The van der Waals surface area contributed by atoms with Crippen LogP contribution in [0.15, 0.2) is 30.3 Å². The second-order valence-electron chi connectivity index (χ2n) is 6.66. The molecule has 3 rings (SSSR count). The van der Waals surface area contributed by atoms with Crippen molar-refractivity contribution in [1.82, 2.24) is 20.0 Å². The van der Waals surface area contributed by atoms with Crippen molar-refractivity contribution in [1.29, 1.82) is 0 Å². The summed E-state index contributed by atoms with van der Waals surface area (Å²) in [6, 6.07) is 9.25. The van der Waals surface area contributed by atoms with E-state index in [1.54, 1.807) is 0 Å². The van der Waals surface area contributed by atoms with Gasteiger partial charge in [0.25, 0.3) is 5.91 Å². The fraction of sp³-hybridized carbons (Fsp3) is 0.444. The van der Waals surface area contributed by atoms with Crippen LogP contribution in [-0.2, 0) is 0 Å². The van der Waals surface area contributed by atoms with Crippen LogP contribution in [0.1, 0.15) is 24.3 Å². The van der Waals surface area contributed by atoms with E-state index in [0.717, 1.165) is 44.0 Å². The quantitative estimate of drug-likeness (QED) is 0.925. The zero-order chi connectivity index (χ0) is 17.1. The number of nitrogens with zero attached hydrogens (tertiary/aromatic N) is 3. The highest BCUT2D eigenvalue weighted by Gasteiger charge is 2.23. The summed E-state index contributed by atoms with van der Waals surface area (Å²) in [7, 11) is 0. The van der Waals surface area contributed by atoms with E-state index in [2.05, 4.69) is 28.9 Å². The van der Waals surface area contributed by atoms with Crippen LogP contribution in [-0.4, -0.2) is 58.6 Å². The number of nitrogens with one attached hydrogen (secondary N) is 1. The number of halogens is 1. The molecule has 2 aromatic rings. The lowest BCUT2D eigenvalue weighted by Gasteiger charge is -2.35. The first-order valence-corrected chi connectivity index (χ1v) is 8.73. The third-order valence-corrected chi connectivity index (χ3v) is 4.48. The summed E-state index contributed by atoms with van der Waals surface area (Å²) < 4.78 is 0. The van der Waals surface area contributed by atoms with Crippen molar-refractivity contribution in [3.05, 3.63) is 41.0 Å². The predicted octanol–water partition coefficient (Wildman–Crippen LogP) is 3.14. The Hall–Kier alpha value is -1.85. The van der Waals surface area contributed by atoms with Gasteiger partial charge >= 0.3 is 0 Å². The number of hydrogen-bond donors (Lipinski definition) is 1. The average Bonchev–Trinajstić information content (AvgIpc) is 3.05. The van der Waals surface area contributed by atoms with Gasteiger partial charge in [-0.05, 0) is 24.1 Å². The van der Waals surface area contributed by atoms with Crippen LogP contribution in [0.4, 0.5) is 0 Å². The van der Waals surface area contributed by atoms with Gasteiger partial charge in [0, 0.05) is 43.3 Å². The number of amides is 1. The molecule has 1 aromatic carbocycles. The minimum absolute atomic E-state index is 0.0203. The first kappa shape index (κ1) is 17.0. The van der Waals surface area contributed by atoms with Crippen molar-refractivity contribution in [2.75, 3.05) is 32.7 Å². The summed E-state index contributed by atoms with van der Waals surface area (Å²) in [6.45, 7) is 8.93. The summed E-state index contributed by atoms with van der Waals surface area (Å²) in [5, 5.41) is 7.82. The van der Waals surface area contributed by atoms with Gasteiger partial charge in [0.15, 0.2) is 0 Å². The normalized spacial score (nSPS) is 15.9. The molecule has 1 amide bonds. The molecule has 1 N–H and O–H groups in total. The number of carbonyl (C=O) groups is 1. The maximum Gasteiger partial charge on any atom is 0.271 e. The summed E-state index contributed by atoms with van der Waals surface area (Å²) in [4.78, 5) is 17.0. The largest absolute Gasteiger partial charge is 0.335 e. The highest BCUT2D eigenvalue weighted by atomic mass is 35.5. The smallest absolute Gasteiger partial charge is 0.271 e. The van der Waals surface area contributed by atoms with E-state index in [9.17, 15) is 4.79 Å². The second-order valence-corrected chi connectivity index (χ2v) is 7.10. The number of hydrogen-bond acceptors (Lipinski definition) is 3. The number of rotatable bonds is 4. The van der Waals surface area contributed by atoms with E-state index in [-0.39, 0.29) is 5.91 Å². The van der Waals surface area contributed by atoms with E-state index < -0.39 is 0 Å². The minimum Gasteiger partial charge on any atom is -0.335 e.